The highest BCUT2D eigenvalue weighted by Crippen LogP contribution is 2.37. The van der Waals surface area contributed by atoms with Gasteiger partial charge in [0, 0.05) is 5.56 Å². The van der Waals surface area contributed by atoms with Crippen LogP contribution in [-0.4, -0.2) is 47.0 Å². The number of nitrogens with zero attached hydrogens (tertiary/aromatic N) is 2. The highest BCUT2D eigenvalue weighted by Gasteiger charge is 2.44. The molecule has 27 heavy (non-hydrogen) atoms. The van der Waals surface area contributed by atoms with Crippen LogP contribution in [0.2, 0.25) is 0 Å². The average Bonchev–Trinajstić information content (AvgIpc) is 2.93. The Morgan fingerprint density at radius 2 is 2.11 bits per heavy atom. The van der Waals surface area contributed by atoms with E-state index in [1.165, 1.54) is 11.8 Å². The largest absolute Gasteiger partial charge is 0.496 e. The Balaban J connectivity index is 2.04. The molecule has 2 aliphatic rings. The number of carbonyl (C=O) groups is 2. The van der Waals surface area contributed by atoms with Crippen LogP contribution in [0.25, 0.3) is 6.08 Å². The molecular formula is C20H22N2O4S. The molecule has 1 saturated heterocycles. The van der Waals surface area contributed by atoms with Crippen molar-refractivity contribution in [1.82, 2.24) is 4.90 Å². The van der Waals surface area contributed by atoms with Crippen LogP contribution in [0.15, 0.2) is 46.6 Å². The van der Waals surface area contributed by atoms with Gasteiger partial charge >= 0.3 is 5.97 Å². The number of ether oxygens (including phenoxy) is 2. The van der Waals surface area contributed by atoms with E-state index in [4.69, 9.17) is 9.47 Å². The molecule has 0 bridgehead atoms. The van der Waals surface area contributed by atoms with E-state index in [0.717, 1.165) is 5.56 Å². The highest BCUT2D eigenvalue weighted by atomic mass is 32.2. The molecule has 1 aromatic carbocycles. The molecule has 0 aromatic heterocycles. The van der Waals surface area contributed by atoms with Crippen LogP contribution in [0.3, 0.4) is 0 Å². The second-order valence-corrected chi connectivity index (χ2v) is 7.44. The Bertz CT molecular complexity index is 859. The normalized spacial score (nSPS) is 22.1. The number of aliphatic imine (C=N–C) groups is 1. The minimum atomic E-state index is -0.564. The second-order valence-electron chi connectivity index (χ2n) is 6.13. The van der Waals surface area contributed by atoms with Crippen LogP contribution < -0.4 is 4.74 Å². The van der Waals surface area contributed by atoms with Gasteiger partial charge in [0.25, 0.3) is 0 Å². The number of carbonyl (C=O) groups excluding carboxylic acids is 2. The van der Waals surface area contributed by atoms with Gasteiger partial charge in [-0.05, 0) is 26.8 Å². The monoisotopic (exact) mass is 386 g/mol. The number of benzene rings is 1. The van der Waals surface area contributed by atoms with Gasteiger partial charge in [-0.15, -0.1) is 0 Å². The summed E-state index contributed by atoms with van der Waals surface area (Å²) >= 11 is 1.40. The lowest BCUT2D eigenvalue weighted by molar-refractivity contribution is -0.139. The van der Waals surface area contributed by atoms with Crippen molar-refractivity contribution in [3.8, 4) is 5.75 Å². The summed E-state index contributed by atoms with van der Waals surface area (Å²) in [6.07, 6.45) is 3.69. The van der Waals surface area contributed by atoms with E-state index < -0.39 is 12.0 Å². The molecule has 2 atom stereocenters. The third kappa shape index (κ3) is 3.64. The molecule has 0 saturated carbocycles. The summed E-state index contributed by atoms with van der Waals surface area (Å²) in [5, 5.41) is 0.382. The zero-order chi connectivity index (χ0) is 19.6. The number of rotatable bonds is 5. The number of esters is 1. The number of para-hydroxylation sites is 1. The van der Waals surface area contributed by atoms with Gasteiger partial charge < -0.3 is 9.47 Å². The van der Waals surface area contributed by atoms with Crippen molar-refractivity contribution in [3.63, 3.8) is 0 Å². The van der Waals surface area contributed by atoms with Gasteiger partial charge in [-0.2, -0.15) is 0 Å². The second kappa shape index (κ2) is 8.00. The minimum Gasteiger partial charge on any atom is -0.496 e. The summed E-state index contributed by atoms with van der Waals surface area (Å²) in [4.78, 5) is 31.3. The molecule has 6 nitrogen and oxygen atoms in total. The highest BCUT2D eigenvalue weighted by molar-refractivity contribution is 8.15. The molecule has 3 rings (SSSR count). The quantitative estimate of drug-likeness (QED) is 0.727. The first-order valence-electron chi connectivity index (χ1n) is 8.75. The SMILES string of the molecule is CCOC(=O)C1=C(C)N=C2S[C@@H](C)C(=O)N2[C@@H]1/C=C/c1ccccc1OC. The number of hydrogen-bond acceptors (Lipinski definition) is 6. The summed E-state index contributed by atoms with van der Waals surface area (Å²) in [7, 11) is 1.61. The summed E-state index contributed by atoms with van der Waals surface area (Å²) < 4.78 is 10.6. The van der Waals surface area contributed by atoms with Gasteiger partial charge in [-0.25, -0.2) is 9.79 Å². The Morgan fingerprint density at radius 3 is 2.81 bits per heavy atom. The van der Waals surface area contributed by atoms with Crippen LogP contribution in [0.1, 0.15) is 26.3 Å². The molecule has 0 N–H and O–H groups in total. The first-order chi connectivity index (χ1) is 13.0. The van der Waals surface area contributed by atoms with Crippen LogP contribution in [0.4, 0.5) is 0 Å². The molecule has 142 valence electrons. The fraction of sp³-hybridized carbons (Fsp3) is 0.350. The summed E-state index contributed by atoms with van der Waals surface area (Å²) in [5.41, 5.74) is 1.82. The number of methoxy groups -OCH3 is 1. The lowest BCUT2D eigenvalue weighted by Gasteiger charge is -2.30. The number of amides is 1. The maximum absolute atomic E-state index is 12.7. The fourth-order valence-electron chi connectivity index (χ4n) is 3.10. The van der Waals surface area contributed by atoms with Gasteiger partial charge in [0.2, 0.25) is 5.91 Å². The van der Waals surface area contributed by atoms with Crippen molar-refractivity contribution in [2.24, 2.45) is 4.99 Å². The molecule has 2 aliphatic heterocycles. The van der Waals surface area contributed by atoms with Crippen LogP contribution >= 0.6 is 11.8 Å². The molecule has 0 unspecified atom stereocenters. The zero-order valence-corrected chi connectivity index (χ0v) is 16.6. The maximum atomic E-state index is 12.7. The molecule has 7 heteroatoms. The number of hydrogen-bond donors (Lipinski definition) is 0. The van der Waals surface area contributed by atoms with Crippen LogP contribution in [0, 0.1) is 0 Å². The summed E-state index contributed by atoms with van der Waals surface area (Å²) in [6, 6.07) is 7.00. The van der Waals surface area contributed by atoms with E-state index in [2.05, 4.69) is 4.99 Å². The van der Waals surface area contributed by atoms with Gasteiger partial charge in [-0.3, -0.25) is 9.69 Å². The van der Waals surface area contributed by atoms with Crippen LogP contribution in [0.5, 0.6) is 5.75 Å². The molecule has 0 aliphatic carbocycles. The van der Waals surface area contributed by atoms with E-state index in [-0.39, 0.29) is 17.8 Å². The van der Waals surface area contributed by atoms with Gasteiger partial charge in [0.15, 0.2) is 5.17 Å². The zero-order valence-electron chi connectivity index (χ0n) is 15.8. The third-order valence-electron chi connectivity index (χ3n) is 4.39. The van der Waals surface area contributed by atoms with E-state index in [0.29, 0.717) is 22.2 Å². The Kier molecular flexibility index (Phi) is 5.70. The molecule has 1 amide bonds. The predicted octanol–water partition coefficient (Wildman–Crippen LogP) is 3.25. The van der Waals surface area contributed by atoms with Crippen molar-refractivity contribution in [3.05, 3.63) is 47.2 Å². The smallest absolute Gasteiger partial charge is 0.338 e. The van der Waals surface area contributed by atoms with Crippen molar-refractivity contribution in [2.45, 2.75) is 32.1 Å². The number of amidine groups is 1. The van der Waals surface area contributed by atoms with Gasteiger partial charge in [0.05, 0.1) is 36.3 Å². The Labute approximate surface area is 162 Å². The fourth-order valence-corrected chi connectivity index (χ4v) is 4.13. The van der Waals surface area contributed by atoms with Gasteiger partial charge in [-0.1, -0.05) is 42.1 Å². The summed E-state index contributed by atoms with van der Waals surface area (Å²) in [6.45, 7) is 5.63. The van der Waals surface area contributed by atoms with Crippen LogP contribution in [-0.2, 0) is 14.3 Å². The first kappa shape index (κ1) is 19.2. The topological polar surface area (TPSA) is 68.2 Å². The van der Waals surface area contributed by atoms with Crippen molar-refractivity contribution in [2.75, 3.05) is 13.7 Å². The van der Waals surface area contributed by atoms with Crippen molar-refractivity contribution < 1.29 is 19.1 Å². The predicted molar refractivity (Wildman–Crippen MR) is 106 cm³/mol. The third-order valence-corrected chi connectivity index (χ3v) is 5.45. The van der Waals surface area contributed by atoms with E-state index in [1.807, 2.05) is 43.3 Å². The van der Waals surface area contributed by atoms with Crippen molar-refractivity contribution >= 4 is 34.9 Å². The minimum absolute atomic E-state index is 0.0669. The molecule has 1 fully saturated rings. The molecule has 0 radical (unpaired) electrons. The molecular weight excluding hydrogens is 364 g/mol. The van der Waals surface area contributed by atoms with E-state index in [9.17, 15) is 9.59 Å². The number of allylic oxidation sites excluding steroid dienone is 1. The molecule has 2 heterocycles. The standard InChI is InChI=1S/C20H22N2O4S/c1-5-26-19(24)17-12(2)21-20-22(18(23)13(3)27-20)15(17)11-10-14-8-6-7-9-16(14)25-4/h6-11,13,15H,5H2,1-4H3/b11-10+/t13-,15+/m0/s1. The van der Waals surface area contributed by atoms with Crippen molar-refractivity contribution in [1.29, 1.82) is 0 Å². The average molecular weight is 386 g/mol. The Morgan fingerprint density at radius 1 is 1.37 bits per heavy atom. The van der Waals surface area contributed by atoms with E-state index in [1.54, 1.807) is 25.9 Å². The molecule has 1 aromatic rings. The lowest BCUT2D eigenvalue weighted by atomic mass is 10.00. The van der Waals surface area contributed by atoms with E-state index >= 15 is 0 Å². The maximum Gasteiger partial charge on any atom is 0.338 e. The molecule has 0 spiro atoms. The number of fused-ring (bicyclic) bond motifs is 1. The lowest BCUT2D eigenvalue weighted by Crippen LogP contribution is -2.45. The number of thioether (sulfide) groups is 1. The summed E-state index contributed by atoms with van der Waals surface area (Å²) in [5.74, 6) is 0.194. The first-order valence-corrected chi connectivity index (χ1v) is 9.63. The van der Waals surface area contributed by atoms with Gasteiger partial charge in [0.1, 0.15) is 5.75 Å². The Hall–Kier alpha value is -2.54.